The van der Waals surface area contributed by atoms with Gasteiger partial charge in [0.15, 0.2) is 0 Å². The first kappa shape index (κ1) is 26.9. The average Bonchev–Trinajstić information content (AvgIpc) is 2.95. The SMILES string of the molecule is C=C(C)C(=O)OCc1ccc(N(c2ccc(OC(=O)C(=C)C)cc2)c2ccc(Oc3ccccc3)cc2)cc1. The molecule has 39 heavy (non-hydrogen) atoms. The number of carbonyl (C=O) groups excluding carboxylic acids is 2. The van der Waals surface area contributed by atoms with Gasteiger partial charge in [0, 0.05) is 28.2 Å². The Hall–Kier alpha value is -5.10. The molecular weight excluding hydrogens is 490 g/mol. The molecule has 6 nitrogen and oxygen atoms in total. The molecule has 0 N–H and O–H groups in total. The topological polar surface area (TPSA) is 65.1 Å². The Morgan fingerprint density at radius 3 is 1.59 bits per heavy atom. The second-order valence-corrected chi connectivity index (χ2v) is 8.93. The van der Waals surface area contributed by atoms with Gasteiger partial charge in [-0.15, -0.1) is 0 Å². The Morgan fingerprint density at radius 2 is 1.08 bits per heavy atom. The Bertz CT molecular complexity index is 1460. The number of benzene rings is 4. The second kappa shape index (κ2) is 12.4. The number of nitrogens with zero attached hydrogens (tertiary/aromatic N) is 1. The van der Waals surface area contributed by atoms with Crippen molar-refractivity contribution in [2.45, 2.75) is 20.5 Å². The van der Waals surface area contributed by atoms with E-state index >= 15 is 0 Å². The fraction of sp³-hybridized carbons (Fsp3) is 0.0909. The second-order valence-electron chi connectivity index (χ2n) is 8.93. The number of esters is 2. The van der Waals surface area contributed by atoms with Crippen molar-refractivity contribution < 1.29 is 23.8 Å². The minimum atomic E-state index is -0.475. The van der Waals surface area contributed by atoms with Crippen molar-refractivity contribution >= 4 is 29.0 Å². The molecule has 0 bridgehead atoms. The van der Waals surface area contributed by atoms with Crippen LogP contribution in [0, 0.1) is 0 Å². The quantitative estimate of drug-likeness (QED) is 0.120. The van der Waals surface area contributed by atoms with Crippen LogP contribution in [0.2, 0.25) is 0 Å². The third-order valence-corrected chi connectivity index (χ3v) is 5.64. The van der Waals surface area contributed by atoms with Gasteiger partial charge < -0.3 is 19.1 Å². The molecule has 6 heteroatoms. The van der Waals surface area contributed by atoms with E-state index in [1.165, 1.54) is 0 Å². The van der Waals surface area contributed by atoms with Crippen molar-refractivity contribution in [1.82, 2.24) is 0 Å². The molecule has 196 valence electrons. The molecule has 4 rings (SSSR count). The van der Waals surface area contributed by atoms with E-state index in [0.29, 0.717) is 22.6 Å². The first-order chi connectivity index (χ1) is 18.8. The van der Waals surface area contributed by atoms with Crippen LogP contribution in [0.4, 0.5) is 17.1 Å². The molecule has 0 aromatic heterocycles. The number of ether oxygens (including phenoxy) is 3. The fourth-order valence-electron chi connectivity index (χ4n) is 3.61. The molecule has 0 heterocycles. The van der Waals surface area contributed by atoms with Gasteiger partial charge in [0.25, 0.3) is 0 Å². The smallest absolute Gasteiger partial charge is 0.338 e. The highest BCUT2D eigenvalue weighted by molar-refractivity contribution is 5.89. The molecular formula is C33H29NO5. The average molecular weight is 520 g/mol. The van der Waals surface area contributed by atoms with Crippen molar-refractivity contribution in [3.63, 3.8) is 0 Å². The van der Waals surface area contributed by atoms with E-state index in [4.69, 9.17) is 14.2 Å². The summed E-state index contributed by atoms with van der Waals surface area (Å²) >= 11 is 0. The van der Waals surface area contributed by atoms with E-state index in [9.17, 15) is 9.59 Å². The maximum absolute atomic E-state index is 11.9. The summed E-state index contributed by atoms with van der Waals surface area (Å²) in [7, 11) is 0. The summed E-state index contributed by atoms with van der Waals surface area (Å²) in [6.45, 7) is 10.6. The van der Waals surface area contributed by atoms with Crippen molar-refractivity contribution in [2.75, 3.05) is 4.90 Å². The van der Waals surface area contributed by atoms with Gasteiger partial charge in [-0.2, -0.15) is 0 Å². The first-order valence-corrected chi connectivity index (χ1v) is 12.3. The van der Waals surface area contributed by atoms with Gasteiger partial charge >= 0.3 is 11.9 Å². The maximum atomic E-state index is 11.9. The lowest BCUT2D eigenvalue weighted by atomic mass is 10.1. The van der Waals surface area contributed by atoms with E-state index in [1.54, 1.807) is 26.0 Å². The zero-order valence-corrected chi connectivity index (χ0v) is 21.9. The summed E-state index contributed by atoms with van der Waals surface area (Å²) in [4.78, 5) is 25.7. The summed E-state index contributed by atoms with van der Waals surface area (Å²) in [6.07, 6.45) is 0. The Labute approximate surface area is 228 Å². The number of hydrogen-bond acceptors (Lipinski definition) is 6. The van der Waals surface area contributed by atoms with Crippen LogP contribution < -0.4 is 14.4 Å². The van der Waals surface area contributed by atoms with Crippen LogP contribution in [-0.4, -0.2) is 11.9 Å². The molecule has 0 radical (unpaired) electrons. The van der Waals surface area contributed by atoms with Crippen LogP contribution in [0.25, 0.3) is 0 Å². The minimum Gasteiger partial charge on any atom is -0.457 e. The minimum absolute atomic E-state index is 0.153. The molecule has 0 aliphatic heterocycles. The van der Waals surface area contributed by atoms with Gasteiger partial charge in [0.05, 0.1) is 0 Å². The molecule has 0 amide bonds. The van der Waals surface area contributed by atoms with Gasteiger partial charge in [-0.05, 0) is 92.2 Å². The Kier molecular flexibility index (Phi) is 8.59. The molecule has 4 aromatic carbocycles. The van der Waals surface area contributed by atoms with E-state index in [2.05, 4.69) is 18.1 Å². The van der Waals surface area contributed by atoms with Crippen LogP contribution in [0.5, 0.6) is 17.2 Å². The predicted octanol–water partition coefficient (Wildman–Crippen LogP) is 8.05. The summed E-state index contributed by atoms with van der Waals surface area (Å²) in [5.74, 6) is 0.988. The first-order valence-electron chi connectivity index (χ1n) is 12.3. The molecule has 0 saturated carbocycles. The van der Waals surface area contributed by atoms with E-state index in [0.717, 1.165) is 28.4 Å². The lowest BCUT2D eigenvalue weighted by molar-refractivity contribution is -0.140. The number of rotatable bonds is 10. The standard InChI is InChI=1S/C33H29NO5/c1-23(2)32(35)37-22-25-10-12-26(13-11-25)34(28-16-20-31(21-17-28)39-33(36)24(3)4)27-14-18-30(19-15-27)38-29-8-6-5-7-9-29/h5-21H,1,3,22H2,2,4H3. The number of hydrogen-bond donors (Lipinski definition) is 0. The lowest BCUT2D eigenvalue weighted by Crippen LogP contribution is -2.11. The van der Waals surface area contributed by atoms with Crippen molar-refractivity contribution in [3.8, 4) is 17.2 Å². The van der Waals surface area contributed by atoms with Gasteiger partial charge in [0.2, 0.25) is 0 Å². The molecule has 0 aliphatic carbocycles. The number of anilines is 3. The summed E-state index contributed by atoms with van der Waals surface area (Å²) in [6, 6.07) is 32.3. The molecule has 0 fully saturated rings. The normalized spacial score (nSPS) is 10.3. The summed E-state index contributed by atoms with van der Waals surface area (Å²) in [5.41, 5.74) is 4.16. The maximum Gasteiger partial charge on any atom is 0.338 e. The largest absolute Gasteiger partial charge is 0.457 e. The van der Waals surface area contributed by atoms with Crippen molar-refractivity contribution in [2.24, 2.45) is 0 Å². The predicted molar refractivity (Wildman–Crippen MR) is 153 cm³/mol. The molecule has 4 aromatic rings. The monoisotopic (exact) mass is 519 g/mol. The lowest BCUT2D eigenvalue weighted by Gasteiger charge is -2.26. The molecule has 0 aliphatic rings. The highest BCUT2D eigenvalue weighted by Crippen LogP contribution is 2.36. The number of carbonyl (C=O) groups is 2. The van der Waals surface area contributed by atoms with E-state index in [1.807, 2.05) is 91.0 Å². The van der Waals surface area contributed by atoms with Gasteiger partial charge in [-0.25, -0.2) is 9.59 Å². The molecule has 0 atom stereocenters. The van der Waals surface area contributed by atoms with Crippen molar-refractivity contribution in [3.05, 3.63) is 133 Å². The Balaban J connectivity index is 1.61. The third-order valence-electron chi connectivity index (χ3n) is 5.64. The summed E-state index contributed by atoms with van der Waals surface area (Å²) < 4.78 is 16.6. The van der Waals surface area contributed by atoms with Gasteiger partial charge in [-0.3, -0.25) is 0 Å². The fourth-order valence-corrected chi connectivity index (χ4v) is 3.61. The van der Waals surface area contributed by atoms with Crippen LogP contribution >= 0.6 is 0 Å². The van der Waals surface area contributed by atoms with E-state index < -0.39 is 11.9 Å². The number of para-hydroxylation sites is 1. The highest BCUT2D eigenvalue weighted by atomic mass is 16.5. The van der Waals surface area contributed by atoms with Crippen LogP contribution in [0.15, 0.2) is 127 Å². The van der Waals surface area contributed by atoms with Crippen LogP contribution in [0.1, 0.15) is 19.4 Å². The van der Waals surface area contributed by atoms with Gasteiger partial charge in [-0.1, -0.05) is 43.5 Å². The van der Waals surface area contributed by atoms with Crippen LogP contribution in [0.3, 0.4) is 0 Å². The highest BCUT2D eigenvalue weighted by Gasteiger charge is 2.14. The molecule has 0 unspecified atom stereocenters. The third kappa shape index (κ3) is 7.23. The van der Waals surface area contributed by atoms with Crippen LogP contribution in [-0.2, 0) is 20.9 Å². The zero-order chi connectivity index (χ0) is 27.8. The Morgan fingerprint density at radius 1 is 0.615 bits per heavy atom. The molecule has 0 spiro atoms. The van der Waals surface area contributed by atoms with Crippen molar-refractivity contribution in [1.29, 1.82) is 0 Å². The van der Waals surface area contributed by atoms with Gasteiger partial charge in [0.1, 0.15) is 23.9 Å². The summed E-state index contributed by atoms with van der Waals surface area (Å²) in [5, 5.41) is 0. The van der Waals surface area contributed by atoms with E-state index in [-0.39, 0.29) is 6.61 Å². The molecule has 0 saturated heterocycles. The zero-order valence-electron chi connectivity index (χ0n) is 21.9.